The maximum atomic E-state index is 12.6. The lowest BCUT2D eigenvalue weighted by molar-refractivity contribution is -0.274. The summed E-state index contributed by atoms with van der Waals surface area (Å²) in [6.45, 7) is 8.33. The van der Waals surface area contributed by atoms with Crippen LogP contribution in [0.4, 0.5) is 13.2 Å². The van der Waals surface area contributed by atoms with E-state index in [4.69, 9.17) is 23.2 Å². The van der Waals surface area contributed by atoms with Gasteiger partial charge in [-0.05, 0) is 53.9 Å². The minimum absolute atomic E-state index is 0.220. The quantitative estimate of drug-likeness (QED) is 0.195. The second-order valence-electron chi connectivity index (χ2n) is 10.3. The van der Waals surface area contributed by atoms with E-state index in [9.17, 15) is 13.2 Å². The van der Waals surface area contributed by atoms with Gasteiger partial charge in [-0.25, -0.2) is 0 Å². The van der Waals surface area contributed by atoms with Gasteiger partial charge >= 0.3 is 6.36 Å². The van der Waals surface area contributed by atoms with Crippen molar-refractivity contribution in [2.75, 3.05) is 26.2 Å². The fraction of sp³-hybridized carbons (Fsp3) is 0.355. The Bertz CT molecular complexity index is 1420. The van der Waals surface area contributed by atoms with Crippen molar-refractivity contribution in [2.45, 2.75) is 45.8 Å². The Morgan fingerprint density at radius 3 is 2.12 bits per heavy atom. The summed E-state index contributed by atoms with van der Waals surface area (Å²) >= 11 is 12.8. The highest BCUT2D eigenvalue weighted by atomic mass is 35.5. The van der Waals surface area contributed by atoms with Crippen LogP contribution < -0.4 is 4.74 Å². The zero-order chi connectivity index (χ0) is 28.3. The SMILES string of the molecule is CCCCn1cc(-c2ccc(OC(F)(F)F)cc2)c2cc(CN3CCN(Cc4c(Cl)cccc4Cl)CC3)ccc21. The van der Waals surface area contributed by atoms with E-state index in [0.717, 1.165) is 86.2 Å². The van der Waals surface area contributed by atoms with Gasteiger partial charge in [-0.15, -0.1) is 13.2 Å². The predicted octanol–water partition coefficient (Wildman–Crippen LogP) is 8.63. The molecule has 2 heterocycles. The van der Waals surface area contributed by atoms with E-state index < -0.39 is 6.36 Å². The van der Waals surface area contributed by atoms with Crippen LogP contribution in [0.1, 0.15) is 30.9 Å². The standard InChI is InChI=1S/C31H32Cl2F3N3O/c1-2-3-13-39-21-26(23-8-10-24(11-9-23)40-31(34,35)36)25-18-22(7-12-30(25)39)19-37-14-16-38(17-15-37)20-27-28(32)5-4-6-29(27)33/h4-12,18,21H,2-3,13-17,19-20H2,1H3. The molecule has 0 saturated carbocycles. The summed E-state index contributed by atoms with van der Waals surface area (Å²) in [5.74, 6) is -0.220. The van der Waals surface area contributed by atoms with Crippen molar-refractivity contribution in [1.82, 2.24) is 14.4 Å². The molecule has 0 N–H and O–H groups in total. The first-order valence-electron chi connectivity index (χ1n) is 13.6. The van der Waals surface area contributed by atoms with Crippen LogP contribution in [0.5, 0.6) is 5.75 Å². The topological polar surface area (TPSA) is 20.6 Å². The van der Waals surface area contributed by atoms with Gasteiger partial charge in [0.2, 0.25) is 0 Å². The molecule has 0 bridgehead atoms. The normalized spacial score (nSPS) is 15.2. The number of aryl methyl sites for hydroxylation is 1. The van der Waals surface area contributed by atoms with Gasteiger partial charge in [0, 0.05) is 84.1 Å². The highest BCUT2D eigenvalue weighted by Crippen LogP contribution is 2.34. The molecule has 0 atom stereocenters. The molecule has 4 aromatic rings. The number of alkyl halides is 3. The van der Waals surface area contributed by atoms with Crippen molar-refractivity contribution in [1.29, 1.82) is 0 Å². The summed E-state index contributed by atoms with van der Waals surface area (Å²) < 4.78 is 44.2. The first-order valence-corrected chi connectivity index (χ1v) is 14.3. The second-order valence-corrected chi connectivity index (χ2v) is 11.1. The molecule has 212 valence electrons. The molecule has 0 unspecified atom stereocenters. The van der Waals surface area contributed by atoms with Crippen molar-refractivity contribution in [2.24, 2.45) is 0 Å². The van der Waals surface area contributed by atoms with E-state index in [-0.39, 0.29) is 5.75 Å². The third-order valence-electron chi connectivity index (χ3n) is 7.41. The molecule has 5 rings (SSSR count). The van der Waals surface area contributed by atoms with Crippen LogP contribution in [-0.2, 0) is 19.6 Å². The molecule has 1 aliphatic heterocycles. The summed E-state index contributed by atoms with van der Waals surface area (Å²) in [6, 6.07) is 18.3. The molecule has 9 heteroatoms. The molecule has 4 nitrogen and oxygen atoms in total. The molecule has 1 saturated heterocycles. The van der Waals surface area contributed by atoms with Crippen LogP contribution in [0.25, 0.3) is 22.0 Å². The third kappa shape index (κ3) is 6.95. The van der Waals surface area contributed by atoms with Gasteiger partial charge in [0.1, 0.15) is 5.75 Å². The lowest BCUT2D eigenvalue weighted by Gasteiger charge is -2.35. The molecule has 40 heavy (non-hydrogen) atoms. The molecule has 3 aromatic carbocycles. The van der Waals surface area contributed by atoms with Gasteiger partial charge in [0.15, 0.2) is 0 Å². The van der Waals surface area contributed by atoms with Crippen LogP contribution in [-0.4, -0.2) is 46.9 Å². The van der Waals surface area contributed by atoms with Gasteiger partial charge in [-0.1, -0.05) is 60.8 Å². The fourth-order valence-corrected chi connectivity index (χ4v) is 5.81. The molecular formula is C31H32Cl2F3N3O. The average molecular weight is 591 g/mol. The number of piperazine rings is 1. The lowest BCUT2D eigenvalue weighted by Crippen LogP contribution is -2.45. The van der Waals surface area contributed by atoms with Crippen LogP contribution in [0.3, 0.4) is 0 Å². The van der Waals surface area contributed by atoms with E-state index in [0.29, 0.717) is 10.0 Å². The van der Waals surface area contributed by atoms with Gasteiger partial charge in [-0.3, -0.25) is 9.80 Å². The van der Waals surface area contributed by atoms with Crippen molar-refractivity contribution < 1.29 is 17.9 Å². The van der Waals surface area contributed by atoms with Gasteiger partial charge in [0.25, 0.3) is 0 Å². The summed E-state index contributed by atoms with van der Waals surface area (Å²) in [7, 11) is 0. The summed E-state index contributed by atoms with van der Waals surface area (Å²) in [6.07, 6.45) is -0.472. The van der Waals surface area contributed by atoms with Crippen molar-refractivity contribution in [3.05, 3.63) is 88.0 Å². The molecule has 1 fully saturated rings. The van der Waals surface area contributed by atoms with E-state index in [1.807, 2.05) is 18.2 Å². The molecule has 1 aromatic heterocycles. The smallest absolute Gasteiger partial charge is 0.406 e. The number of hydrogen-bond donors (Lipinski definition) is 0. The number of hydrogen-bond acceptors (Lipinski definition) is 3. The zero-order valence-corrected chi connectivity index (χ0v) is 23.9. The number of aromatic nitrogens is 1. The monoisotopic (exact) mass is 589 g/mol. The van der Waals surface area contributed by atoms with Crippen LogP contribution in [0.15, 0.2) is 66.9 Å². The van der Waals surface area contributed by atoms with Gasteiger partial charge in [0.05, 0.1) is 0 Å². The highest BCUT2D eigenvalue weighted by Gasteiger charge is 2.31. The number of benzene rings is 3. The third-order valence-corrected chi connectivity index (χ3v) is 8.12. The Morgan fingerprint density at radius 2 is 1.50 bits per heavy atom. The Morgan fingerprint density at radius 1 is 0.850 bits per heavy atom. The minimum Gasteiger partial charge on any atom is -0.406 e. The molecule has 0 amide bonds. The van der Waals surface area contributed by atoms with E-state index in [1.165, 1.54) is 17.7 Å². The number of ether oxygens (including phenoxy) is 1. The van der Waals surface area contributed by atoms with Gasteiger partial charge in [-0.2, -0.15) is 0 Å². The molecule has 0 spiro atoms. The number of nitrogens with zero attached hydrogens (tertiary/aromatic N) is 3. The predicted molar refractivity (Wildman–Crippen MR) is 156 cm³/mol. The van der Waals surface area contributed by atoms with E-state index >= 15 is 0 Å². The van der Waals surface area contributed by atoms with Crippen molar-refractivity contribution in [3.63, 3.8) is 0 Å². The molecular weight excluding hydrogens is 558 g/mol. The minimum atomic E-state index is -4.71. The van der Waals surface area contributed by atoms with Crippen molar-refractivity contribution in [3.8, 4) is 16.9 Å². The number of unbranched alkanes of at least 4 members (excludes halogenated alkanes) is 1. The Labute approximate surface area is 242 Å². The Balaban J connectivity index is 1.32. The molecule has 0 radical (unpaired) electrons. The average Bonchev–Trinajstić information content (AvgIpc) is 3.28. The van der Waals surface area contributed by atoms with Crippen LogP contribution >= 0.6 is 23.2 Å². The largest absolute Gasteiger partial charge is 0.573 e. The number of fused-ring (bicyclic) bond motifs is 1. The van der Waals surface area contributed by atoms with E-state index in [2.05, 4.69) is 50.4 Å². The van der Waals surface area contributed by atoms with Crippen molar-refractivity contribution >= 4 is 34.1 Å². The van der Waals surface area contributed by atoms with E-state index in [1.54, 1.807) is 12.1 Å². The summed E-state index contributed by atoms with van der Waals surface area (Å²) in [5, 5.41) is 2.50. The maximum Gasteiger partial charge on any atom is 0.573 e. The number of rotatable bonds is 9. The molecule has 1 aliphatic rings. The zero-order valence-electron chi connectivity index (χ0n) is 22.4. The first kappa shape index (κ1) is 28.8. The molecule has 0 aliphatic carbocycles. The lowest BCUT2D eigenvalue weighted by atomic mass is 10.0. The summed E-state index contributed by atoms with van der Waals surface area (Å²) in [4.78, 5) is 4.83. The Hall–Kier alpha value is -2.71. The summed E-state index contributed by atoms with van der Waals surface area (Å²) in [5.41, 5.74) is 5.18. The van der Waals surface area contributed by atoms with Crippen LogP contribution in [0, 0.1) is 0 Å². The fourth-order valence-electron chi connectivity index (χ4n) is 5.29. The maximum absolute atomic E-state index is 12.6. The second kappa shape index (κ2) is 12.4. The van der Waals surface area contributed by atoms with Gasteiger partial charge < -0.3 is 9.30 Å². The highest BCUT2D eigenvalue weighted by molar-refractivity contribution is 6.35. The number of halogens is 5. The Kier molecular flexibility index (Phi) is 8.95. The van der Waals surface area contributed by atoms with Crippen LogP contribution in [0.2, 0.25) is 10.0 Å². The first-order chi connectivity index (χ1) is 19.2.